The monoisotopic (exact) mass is 275 g/mol. The van der Waals surface area contributed by atoms with Crippen molar-refractivity contribution in [3.05, 3.63) is 57.4 Å². The number of aromatic amines is 1. The summed E-state index contributed by atoms with van der Waals surface area (Å²) >= 11 is 1.17. The molecule has 3 rings (SSSR count). The van der Waals surface area contributed by atoms with E-state index in [9.17, 15) is 9.59 Å². The number of rotatable bonds is 1. The quantitative estimate of drug-likeness (QED) is 0.705. The van der Waals surface area contributed by atoms with Gasteiger partial charge in [0.2, 0.25) is 0 Å². The van der Waals surface area contributed by atoms with Gasteiger partial charge in [-0.3, -0.25) is 4.79 Å². The normalized spacial score (nSPS) is 9.68. The van der Waals surface area contributed by atoms with Crippen LogP contribution in [0.4, 0.5) is 0 Å². The molecule has 0 saturated heterocycles. The minimum absolute atomic E-state index is 0.00926. The maximum atomic E-state index is 10.6. The van der Waals surface area contributed by atoms with E-state index in [0.717, 1.165) is 5.39 Å². The molecule has 0 bridgehead atoms. The van der Waals surface area contributed by atoms with E-state index in [1.54, 1.807) is 36.0 Å². The summed E-state index contributed by atoms with van der Waals surface area (Å²) in [4.78, 5) is 31.0. The average molecular weight is 275 g/mol. The first-order valence-electron chi connectivity index (χ1n) is 5.23. The van der Waals surface area contributed by atoms with Crippen LogP contribution >= 0.6 is 11.3 Å². The summed E-state index contributed by atoms with van der Waals surface area (Å²) in [6.07, 6.45) is 4.54. The Morgan fingerprint density at radius 1 is 1.37 bits per heavy atom. The van der Waals surface area contributed by atoms with E-state index in [-0.39, 0.29) is 10.4 Å². The van der Waals surface area contributed by atoms with Gasteiger partial charge in [0.05, 0.1) is 5.56 Å². The molecule has 0 aromatic carbocycles. The van der Waals surface area contributed by atoms with Crippen molar-refractivity contribution in [2.75, 3.05) is 0 Å². The van der Waals surface area contributed by atoms with Crippen LogP contribution < -0.4 is 4.87 Å². The Labute approximate surface area is 111 Å². The van der Waals surface area contributed by atoms with Crippen molar-refractivity contribution < 1.29 is 9.90 Å². The molecular weight excluding hydrogens is 266 g/mol. The van der Waals surface area contributed by atoms with Gasteiger partial charge >= 0.3 is 10.8 Å². The lowest BCUT2D eigenvalue weighted by Crippen LogP contribution is -1.97. The zero-order chi connectivity index (χ0) is 13.7. The van der Waals surface area contributed by atoms with Crippen LogP contribution in [0.1, 0.15) is 10.4 Å². The lowest BCUT2D eigenvalue weighted by molar-refractivity contribution is 0.0696. The van der Waals surface area contributed by atoms with E-state index in [2.05, 4.69) is 15.0 Å². The molecule has 0 amide bonds. The van der Waals surface area contributed by atoms with Gasteiger partial charge in [0.15, 0.2) is 5.65 Å². The van der Waals surface area contributed by atoms with E-state index in [1.807, 2.05) is 0 Å². The fourth-order valence-electron chi connectivity index (χ4n) is 1.31. The van der Waals surface area contributed by atoms with Gasteiger partial charge in [-0.05, 0) is 18.2 Å². The first-order chi connectivity index (χ1) is 9.16. The van der Waals surface area contributed by atoms with Crippen molar-refractivity contribution in [2.45, 2.75) is 0 Å². The number of carboxylic acids is 1. The van der Waals surface area contributed by atoms with Crippen LogP contribution in [-0.2, 0) is 0 Å². The second-order valence-electron chi connectivity index (χ2n) is 3.43. The molecule has 2 N–H and O–H groups in total. The van der Waals surface area contributed by atoms with Crippen LogP contribution in [0.3, 0.4) is 0 Å². The number of fused-ring (bicyclic) bond motifs is 1. The van der Waals surface area contributed by atoms with Gasteiger partial charge < -0.3 is 10.1 Å². The maximum absolute atomic E-state index is 10.6. The van der Waals surface area contributed by atoms with Gasteiger partial charge in [-0.2, -0.15) is 0 Å². The molecule has 6 nitrogen and oxygen atoms in total. The lowest BCUT2D eigenvalue weighted by atomic mass is 10.2. The average Bonchev–Trinajstić information content (AvgIpc) is 2.90. The molecule has 0 saturated carbocycles. The number of nitrogens with zero attached hydrogens (tertiary/aromatic N) is 2. The molecule has 7 heteroatoms. The summed E-state index contributed by atoms with van der Waals surface area (Å²) in [5.74, 6) is -0.974. The number of carboxylic acid groups (broad SMARTS) is 1. The summed E-state index contributed by atoms with van der Waals surface area (Å²) in [7, 11) is 0. The predicted octanol–water partition coefficient (Wildman–Crippen LogP) is 1.76. The maximum Gasteiger partial charge on any atom is 0.337 e. The summed E-state index contributed by atoms with van der Waals surface area (Å²) in [6, 6.07) is 5.08. The Morgan fingerprint density at radius 3 is 2.79 bits per heavy atom. The van der Waals surface area contributed by atoms with Gasteiger partial charge in [-0.25, -0.2) is 14.8 Å². The van der Waals surface area contributed by atoms with E-state index < -0.39 is 5.97 Å². The van der Waals surface area contributed by atoms with Gasteiger partial charge in [-0.1, -0.05) is 11.3 Å². The third-order valence-electron chi connectivity index (χ3n) is 2.15. The minimum Gasteiger partial charge on any atom is -0.478 e. The molecule has 96 valence electrons. The summed E-state index contributed by atoms with van der Waals surface area (Å²) < 4.78 is 0. The molecule has 19 heavy (non-hydrogen) atoms. The number of aromatic nitrogens is 3. The minimum atomic E-state index is -0.974. The molecule has 3 heterocycles. The Balaban J connectivity index is 0.000000186. The van der Waals surface area contributed by atoms with Crippen molar-refractivity contribution in [1.29, 1.82) is 0 Å². The number of hydrogen-bond acceptors (Lipinski definition) is 5. The molecule has 0 atom stereocenters. The lowest BCUT2D eigenvalue weighted by Gasteiger charge is -1.96. The second kappa shape index (κ2) is 5.87. The molecule has 0 aliphatic rings. The zero-order valence-electron chi connectivity index (χ0n) is 9.61. The number of nitrogens with one attached hydrogen (secondary N) is 1. The van der Waals surface area contributed by atoms with Gasteiger partial charge in [0.1, 0.15) is 0 Å². The van der Waals surface area contributed by atoms with E-state index in [1.165, 1.54) is 17.5 Å². The van der Waals surface area contributed by atoms with Crippen LogP contribution in [0.25, 0.3) is 11.0 Å². The van der Waals surface area contributed by atoms with Crippen LogP contribution in [0.15, 0.2) is 47.0 Å². The van der Waals surface area contributed by atoms with Crippen LogP contribution in [0.5, 0.6) is 0 Å². The number of pyridine rings is 2. The SMILES string of the molecule is O=C(O)c1cnc2ncccc2c1.O=c1[nH]ccs1. The highest BCUT2D eigenvalue weighted by atomic mass is 32.1. The van der Waals surface area contributed by atoms with Crippen LogP contribution in [-0.4, -0.2) is 26.0 Å². The Hall–Kier alpha value is -2.54. The van der Waals surface area contributed by atoms with Gasteiger partial charge in [-0.15, -0.1) is 0 Å². The second-order valence-corrected chi connectivity index (χ2v) is 4.31. The molecule has 0 fully saturated rings. The molecule has 0 radical (unpaired) electrons. The molecule has 0 unspecified atom stereocenters. The standard InChI is InChI=1S/C9H6N2O2.C3H3NOS/c12-9(13)7-4-6-2-1-3-10-8(6)11-5-7;5-3-4-1-2-6-3/h1-5H,(H,12,13);1-2H,(H,4,5). The zero-order valence-corrected chi connectivity index (χ0v) is 10.4. The molecule has 0 spiro atoms. The smallest absolute Gasteiger partial charge is 0.337 e. The third kappa shape index (κ3) is 3.46. The number of hydrogen-bond donors (Lipinski definition) is 2. The van der Waals surface area contributed by atoms with E-state index in [4.69, 9.17) is 5.11 Å². The van der Waals surface area contributed by atoms with Gasteiger partial charge in [0, 0.05) is 29.4 Å². The first kappa shape index (κ1) is 12.9. The summed E-state index contributed by atoms with van der Waals surface area (Å²) in [5, 5.41) is 11.1. The highest BCUT2D eigenvalue weighted by Gasteiger charge is 2.03. The molecule has 0 aliphatic carbocycles. The highest BCUT2D eigenvalue weighted by Crippen LogP contribution is 2.09. The van der Waals surface area contributed by atoms with E-state index >= 15 is 0 Å². The number of aromatic carboxylic acids is 1. The Kier molecular flexibility index (Phi) is 3.99. The first-order valence-corrected chi connectivity index (χ1v) is 6.11. The van der Waals surface area contributed by atoms with Gasteiger partial charge in [0.25, 0.3) is 0 Å². The van der Waals surface area contributed by atoms with Crippen LogP contribution in [0.2, 0.25) is 0 Å². The molecular formula is C12H9N3O3S. The van der Waals surface area contributed by atoms with Crippen molar-refractivity contribution in [2.24, 2.45) is 0 Å². The van der Waals surface area contributed by atoms with E-state index in [0.29, 0.717) is 5.65 Å². The fraction of sp³-hybridized carbons (Fsp3) is 0. The van der Waals surface area contributed by atoms with Crippen molar-refractivity contribution in [3.63, 3.8) is 0 Å². The van der Waals surface area contributed by atoms with Crippen molar-refractivity contribution >= 4 is 28.3 Å². The largest absolute Gasteiger partial charge is 0.478 e. The summed E-state index contributed by atoms with van der Waals surface area (Å²) in [5.41, 5.74) is 0.744. The number of thiazole rings is 1. The Morgan fingerprint density at radius 2 is 2.21 bits per heavy atom. The van der Waals surface area contributed by atoms with Crippen LogP contribution in [0, 0.1) is 0 Å². The topological polar surface area (TPSA) is 95.9 Å². The van der Waals surface area contributed by atoms with Crippen molar-refractivity contribution in [3.8, 4) is 0 Å². The third-order valence-corrected chi connectivity index (χ3v) is 2.75. The van der Waals surface area contributed by atoms with Crippen molar-refractivity contribution in [1.82, 2.24) is 15.0 Å². The number of carbonyl (C=O) groups is 1. The molecule has 0 aliphatic heterocycles. The summed E-state index contributed by atoms with van der Waals surface area (Å²) in [6.45, 7) is 0. The predicted molar refractivity (Wildman–Crippen MR) is 71.4 cm³/mol. The fourth-order valence-corrected chi connectivity index (χ4v) is 1.71. The number of H-pyrrole nitrogens is 1. The molecule has 3 aromatic heterocycles. The highest BCUT2D eigenvalue weighted by molar-refractivity contribution is 7.07. The molecule has 3 aromatic rings. The Bertz CT molecular complexity index is 734.